The quantitative estimate of drug-likeness (QED) is 0.0667. The zero-order chi connectivity index (χ0) is 94.8. The third-order valence-corrected chi connectivity index (χ3v) is 19.5. The molecule has 1 heteroatoms. The Kier molecular flexibility index (Phi) is 135. The highest BCUT2D eigenvalue weighted by molar-refractivity contribution is 5.80. The number of rotatable bonds is 31. The summed E-state index contributed by atoms with van der Waals surface area (Å²) >= 11 is 0. The zero-order valence-corrected chi connectivity index (χ0v) is 93.1. The van der Waals surface area contributed by atoms with Gasteiger partial charge in [-0.3, -0.25) is 4.99 Å². The Balaban J connectivity index is -0.0000000804. The highest BCUT2D eigenvalue weighted by Gasteiger charge is 2.19. The van der Waals surface area contributed by atoms with Gasteiger partial charge in [0.25, 0.3) is 0 Å². The first kappa shape index (κ1) is 146. The molecule has 0 aromatic heterocycles. The number of hydrogen-bond donors (Lipinski definition) is 0. The molecule has 1 heterocycles. The number of hydrogen-bond acceptors (Lipinski definition) is 1. The molecular weight excluding hydrogens is 1400 g/mol. The lowest BCUT2D eigenvalue weighted by atomic mass is 9.86. The van der Waals surface area contributed by atoms with Crippen LogP contribution in [0.4, 0.5) is 5.69 Å². The molecule has 0 fully saturated rings. The van der Waals surface area contributed by atoms with Gasteiger partial charge in [-0.2, -0.15) is 0 Å². The second-order valence-corrected chi connectivity index (χ2v) is 42.9. The van der Waals surface area contributed by atoms with Crippen LogP contribution in [0.5, 0.6) is 0 Å². The van der Waals surface area contributed by atoms with E-state index in [0.29, 0.717) is 11.3 Å². The van der Waals surface area contributed by atoms with Crippen LogP contribution < -0.4 is 0 Å². The fourth-order valence-corrected chi connectivity index (χ4v) is 10.7. The minimum Gasteiger partial charge on any atom is -0.260 e. The summed E-state index contributed by atoms with van der Waals surface area (Å²) in [6.45, 7) is 125. The second kappa shape index (κ2) is 107. The van der Waals surface area contributed by atoms with Crippen LogP contribution in [-0.2, 0) is 6.42 Å². The van der Waals surface area contributed by atoms with Gasteiger partial charge in [0.15, 0.2) is 0 Å². The molecule has 0 radical (unpaired) electrons. The van der Waals surface area contributed by atoms with Gasteiger partial charge >= 0.3 is 0 Å². The van der Waals surface area contributed by atoms with E-state index in [9.17, 15) is 0 Å². The summed E-state index contributed by atoms with van der Waals surface area (Å²) in [4.78, 5) is 4.41. The van der Waals surface area contributed by atoms with Crippen molar-refractivity contribution >= 4 is 11.9 Å². The van der Waals surface area contributed by atoms with Crippen molar-refractivity contribution in [3.05, 3.63) is 65.7 Å². The summed E-state index contributed by atoms with van der Waals surface area (Å²) < 4.78 is 0. The van der Waals surface area contributed by atoms with Gasteiger partial charge < -0.3 is 0 Å². The van der Waals surface area contributed by atoms with Gasteiger partial charge in [-0.15, -0.1) is 0 Å². The zero-order valence-electron chi connectivity index (χ0n) is 93.1. The SMILES string of the molecule is CC.CC.CC(C)C.CC(C)C(C)C.CC(C)CC(C)(C)C.CC(C)CC(C)C.CC(C)CC1C=Nc2ccccc21.CC(C)CCC(C)C.CC(C)Cc1ccccc1.CCC(C)C.CCCC(C)C.CCCCC(C)C.CCCCCC(C)C.CC[C@@H](C)C(C)C.CC[C@@H](C)CC(C)C.CC[C@H](C)C(C)C.CC[C@H](C)CC(C)C. The highest BCUT2D eigenvalue weighted by Crippen LogP contribution is 2.35. The van der Waals surface area contributed by atoms with Crippen LogP contribution in [0.15, 0.2) is 59.6 Å². The fraction of sp³-hybridized carbons (Fsp3) is 0.887. The maximum absolute atomic E-state index is 4.41. The van der Waals surface area contributed by atoms with E-state index >= 15 is 0 Å². The van der Waals surface area contributed by atoms with E-state index in [1.165, 1.54) is 152 Å². The Morgan fingerprint density at radius 2 is 0.612 bits per heavy atom. The molecule has 710 valence electrons. The van der Waals surface area contributed by atoms with Crippen LogP contribution >= 0.6 is 0 Å². The van der Waals surface area contributed by atoms with Gasteiger partial charge in [0.05, 0.1) is 5.69 Å². The number of benzene rings is 2. The highest BCUT2D eigenvalue weighted by atomic mass is 14.8. The van der Waals surface area contributed by atoms with Crippen LogP contribution in [0.2, 0.25) is 0 Å². The van der Waals surface area contributed by atoms with Crippen LogP contribution in [0.3, 0.4) is 0 Å². The van der Waals surface area contributed by atoms with Crippen LogP contribution in [-0.4, -0.2) is 6.21 Å². The van der Waals surface area contributed by atoms with E-state index in [4.69, 9.17) is 0 Å². The van der Waals surface area contributed by atoms with Gasteiger partial charge in [0.1, 0.15) is 0 Å². The molecule has 2 aromatic carbocycles. The predicted molar refractivity (Wildman–Crippen MR) is 561 cm³/mol. The monoisotopic (exact) mass is 1640 g/mol. The van der Waals surface area contributed by atoms with Crippen molar-refractivity contribution in [1.29, 1.82) is 0 Å². The number of unbranched alkanes of at least 4 members (excludes halogenated alkanes) is 3. The van der Waals surface area contributed by atoms with Crippen LogP contribution in [0.1, 0.15) is 540 Å². The Morgan fingerprint density at radius 3 is 0.793 bits per heavy atom. The van der Waals surface area contributed by atoms with Gasteiger partial charge in [0, 0.05) is 12.1 Å². The average molecular weight is 1640 g/mol. The van der Waals surface area contributed by atoms with Crippen molar-refractivity contribution in [1.82, 2.24) is 0 Å². The maximum atomic E-state index is 4.41. The maximum Gasteiger partial charge on any atom is 0.0664 e. The first-order chi connectivity index (χ1) is 53.4. The number of nitrogens with zero attached hydrogens (tertiary/aromatic N) is 1. The Bertz CT molecular complexity index is 1900. The molecule has 116 heavy (non-hydrogen) atoms. The molecule has 0 spiro atoms. The molecule has 0 amide bonds. The lowest BCUT2D eigenvalue weighted by Gasteiger charge is -2.19. The summed E-state index contributed by atoms with van der Waals surface area (Å²) in [5.41, 5.74) is 4.52. The molecule has 0 aliphatic carbocycles. The minimum absolute atomic E-state index is 0.522. The third-order valence-electron chi connectivity index (χ3n) is 19.5. The summed E-state index contributed by atoms with van der Waals surface area (Å²) in [7, 11) is 0. The molecule has 1 aliphatic heterocycles. The molecule has 0 saturated heterocycles. The van der Waals surface area contributed by atoms with E-state index in [2.05, 4.69) is 420 Å². The summed E-state index contributed by atoms with van der Waals surface area (Å²) in [5, 5.41) is 0. The smallest absolute Gasteiger partial charge is 0.0664 e. The molecule has 0 saturated carbocycles. The van der Waals surface area contributed by atoms with Crippen molar-refractivity contribution < 1.29 is 0 Å². The molecule has 2 aromatic rings. The normalized spacial score (nSPS) is 12.5. The molecule has 0 bridgehead atoms. The number of para-hydroxylation sites is 1. The Hall–Kier alpha value is -1.89. The first-order valence-corrected chi connectivity index (χ1v) is 51.0. The van der Waals surface area contributed by atoms with Crippen molar-refractivity contribution in [2.24, 2.45) is 141 Å². The largest absolute Gasteiger partial charge is 0.260 e. The molecular formula is C115H245N. The van der Waals surface area contributed by atoms with Gasteiger partial charge in [-0.1, -0.05) is 539 Å². The Morgan fingerprint density at radius 1 is 0.293 bits per heavy atom. The molecule has 1 unspecified atom stereocenters. The predicted octanol–water partition coefficient (Wildman–Crippen LogP) is 43.4. The van der Waals surface area contributed by atoms with Crippen molar-refractivity contribution in [2.75, 3.05) is 0 Å². The first-order valence-electron chi connectivity index (χ1n) is 51.0. The van der Waals surface area contributed by atoms with E-state index in [1.807, 2.05) is 33.8 Å². The lowest BCUT2D eigenvalue weighted by molar-refractivity contribution is 0.320. The van der Waals surface area contributed by atoms with Crippen molar-refractivity contribution in [3.63, 3.8) is 0 Å². The van der Waals surface area contributed by atoms with Crippen LogP contribution in [0.25, 0.3) is 0 Å². The van der Waals surface area contributed by atoms with E-state index < -0.39 is 0 Å². The van der Waals surface area contributed by atoms with Crippen molar-refractivity contribution in [3.8, 4) is 0 Å². The molecule has 5 atom stereocenters. The number of aliphatic imine (C=N–C) groups is 1. The minimum atomic E-state index is 0.522. The fourth-order valence-electron chi connectivity index (χ4n) is 10.7. The van der Waals surface area contributed by atoms with Gasteiger partial charge in [-0.05, 0) is 191 Å². The van der Waals surface area contributed by atoms with Gasteiger partial charge in [-0.25, -0.2) is 0 Å². The van der Waals surface area contributed by atoms with E-state index in [-0.39, 0.29) is 0 Å². The Labute approximate surface area is 748 Å². The summed E-state index contributed by atoms with van der Waals surface area (Å²) in [5.74, 6) is 19.7. The summed E-state index contributed by atoms with van der Waals surface area (Å²) in [6.07, 6.45) is 31.8. The summed E-state index contributed by atoms with van der Waals surface area (Å²) in [6, 6.07) is 19.0. The van der Waals surface area contributed by atoms with Crippen molar-refractivity contribution in [2.45, 2.75) is 535 Å². The van der Waals surface area contributed by atoms with Crippen LogP contribution in [0, 0.1) is 136 Å². The second-order valence-electron chi connectivity index (χ2n) is 42.9. The van der Waals surface area contributed by atoms with E-state index in [1.54, 1.807) is 0 Å². The average Bonchev–Trinajstić information content (AvgIpc) is 1.69. The number of fused-ring (bicyclic) bond motifs is 1. The molecule has 1 nitrogen and oxygen atoms in total. The third kappa shape index (κ3) is 170. The topological polar surface area (TPSA) is 12.4 Å². The molecule has 1 aliphatic rings. The molecule has 0 N–H and O–H groups in total. The lowest BCUT2D eigenvalue weighted by Crippen LogP contribution is -2.08. The van der Waals surface area contributed by atoms with Gasteiger partial charge in [0.2, 0.25) is 0 Å². The van der Waals surface area contributed by atoms with E-state index in [0.717, 1.165) is 136 Å². The molecule has 3 rings (SSSR count). The standard InChI is InChI=1S/C12H15N.C10H14.5C8H18.4C7H16.2C6H14.C5H12.C4H10.2C2H6/c1-9(2)7-10-8-13-12-6-4-3-5-11(10)12;1-9(2)8-10-6-4-3-5-7-10;1-7(2)6-8(3,4)5;1-7(2)5-6-8(3)4;2*1-5-8(4)6-7(2)3;1-4-5-6-7-8(2)3;1-6(2)5-7(3)4;2*1-5-7(4)6(2)3;1-4-5-6-7(2)3;1-5(2)6(3)4;1-4-5-6(2)3;1-4-5(2)3;1-4(2)3;2*1-2/h3-6,8-10H,7H2,1-2H3;3-7,9H,8H2,1-2H3;7H,6H2,1-5H3;3*7-8H,5-6H2,1-4H3;8H,4-7H2,1-3H3;3*6-7H,5H2,1-4H3;7H,4-6H2,1-3H3;5-6H,1-4H3;6H,4-5H2,1-3H3;5H,4H2,1-3H3;4H,1-3H3;2*1-2H3/t;;;;2*8-;;;2*7-;;;;;;;/m....10..10......./s1.